The SMILES string of the molecule is CSc1ccccc1NC(=O)CN(C)CC(=O)Nc1c(C#N)c(C)c(C)n1-c1ccc(F)cc1. The van der Waals surface area contributed by atoms with Gasteiger partial charge in [0.15, 0.2) is 0 Å². The molecule has 1 aromatic heterocycles. The lowest BCUT2D eigenvalue weighted by Gasteiger charge is -2.18. The molecule has 34 heavy (non-hydrogen) atoms. The van der Waals surface area contributed by atoms with Crippen molar-refractivity contribution in [1.82, 2.24) is 9.47 Å². The highest BCUT2D eigenvalue weighted by Crippen LogP contribution is 2.30. The third-order valence-corrected chi connectivity index (χ3v) is 6.17. The van der Waals surface area contributed by atoms with Gasteiger partial charge in [-0.05, 0) is 69.1 Å². The Kier molecular flexibility index (Phi) is 8.10. The van der Waals surface area contributed by atoms with Crippen molar-refractivity contribution in [3.8, 4) is 11.8 Å². The van der Waals surface area contributed by atoms with Gasteiger partial charge in [0.2, 0.25) is 11.8 Å². The van der Waals surface area contributed by atoms with E-state index >= 15 is 0 Å². The Balaban J connectivity index is 1.72. The van der Waals surface area contributed by atoms with E-state index in [0.29, 0.717) is 17.1 Å². The first-order chi connectivity index (χ1) is 16.2. The zero-order chi connectivity index (χ0) is 24.8. The van der Waals surface area contributed by atoms with Crippen LogP contribution in [0.3, 0.4) is 0 Å². The number of hydrogen-bond donors (Lipinski definition) is 2. The first-order valence-corrected chi connectivity index (χ1v) is 11.8. The summed E-state index contributed by atoms with van der Waals surface area (Å²) in [5, 5.41) is 15.4. The summed E-state index contributed by atoms with van der Waals surface area (Å²) in [4.78, 5) is 27.8. The lowest BCUT2D eigenvalue weighted by atomic mass is 10.2. The van der Waals surface area contributed by atoms with Crippen LogP contribution in [0.1, 0.15) is 16.8 Å². The van der Waals surface area contributed by atoms with Crippen molar-refractivity contribution in [2.24, 2.45) is 0 Å². The van der Waals surface area contributed by atoms with Crippen LogP contribution in [-0.4, -0.2) is 47.7 Å². The van der Waals surface area contributed by atoms with Crippen LogP contribution in [0.5, 0.6) is 0 Å². The summed E-state index contributed by atoms with van der Waals surface area (Å²) in [5.41, 5.74) is 3.17. The highest BCUT2D eigenvalue weighted by molar-refractivity contribution is 7.98. The fraction of sp³-hybridized carbons (Fsp3) is 0.240. The number of hydrogen-bond acceptors (Lipinski definition) is 5. The van der Waals surface area contributed by atoms with Crippen LogP contribution in [0.15, 0.2) is 53.4 Å². The lowest BCUT2D eigenvalue weighted by molar-refractivity contribution is -0.119. The van der Waals surface area contributed by atoms with E-state index in [9.17, 15) is 19.2 Å². The highest BCUT2D eigenvalue weighted by atomic mass is 32.2. The van der Waals surface area contributed by atoms with Crippen LogP contribution in [-0.2, 0) is 9.59 Å². The lowest BCUT2D eigenvalue weighted by Crippen LogP contribution is -2.36. The molecule has 0 spiro atoms. The molecule has 0 fully saturated rings. The Bertz CT molecular complexity index is 1250. The molecule has 0 saturated heterocycles. The molecular formula is C25H26FN5O2S. The first kappa shape index (κ1) is 25.0. The van der Waals surface area contributed by atoms with Crippen LogP contribution >= 0.6 is 11.8 Å². The maximum Gasteiger partial charge on any atom is 0.239 e. The van der Waals surface area contributed by atoms with Crippen LogP contribution in [0.4, 0.5) is 15.9 Å². The quantitative estimate of drug-likeness (QED) is 0.469. The fourth-order valence-corrected chi connectivity index (χ4v) is 4.18. The Morgan fingerprint density at radius 1 is 1.06 bits per heavy atom. The minimum Gasteiger partial charge on any atom is -0.324 e. The summed E-state index contributed by atoms with van der Waals surface area (Å²) in [6.07, 6.45) is 1.93. The largest absolute Gasteiger partial charge is 0.324 e. The van der Waals surface area contributed by atoms with Crippen LogP contribution in [0.25, 0.3) is 5.69 Å². The normalized spacial score (nSPS) is 10.7. The number of para-hydroxylation sites is 1. The maximum atomic E-state index is 13.4. The maximum absolute atomic E-state index is 13.4. The van der Waals surface area contributed by atoms with E-state index < -0.39 is 0 Å². The Morgan fingerprint density at radius 3 is 2.29 bits per heavy atom. The molecule has 0 unspecified atom stereocenters. The summed E-state index contributed by atoms with van der Waals surface area (Å²) in [6, 6.07) is 15.5. The topological polar surface area (TPSA) is 90.2 Å². The molecule has 2 N–H and O–H groups in total. The number of carbonyl (C=O) groups is 2. The van der Waals surface area contributed by atoms with E-state index in [4.69, 9.17) is 0 Å². The zero-order valence-electron chi connectivity index (χ0n) is 19.5. The number of halogens is 1. The average Bonchev–Trinajstić information content (AvgIpc) is 3.03. The van der Waals surface area contributed by atoms with Gasteiger partial charge in [0, 0.05) is 16.3 Å². The molecule has 0 bridgehead atoms. The standard InChI is InChI=1S/C25H26FN5O2S/c1-16-17(2)31(19-11-9-18(26)10-12-19)25(20(16)13-27)29-24(33)15-30(3)14-23(32)28-21-7-5-6-8-22(21)34-4/h5-12H,14-15H2,1-4H3,(H,28,32)(H,29,33). The van der Waals surface area contributed by atoms with E-state index in [0.717, 1.165) is 21.8 Å². The molecular weight excluding hydrogens is 453 g/mol. The summed E-state index contributed by atoms with van der Waals surface area (Å²) in [7, 11) is 1.67. The number of aromatic nitrogens is 1. The van der Waals surface area contributed by atoms with E-state index in [1.807, 2.05) is 37.4 Å². The van der Waals surface area contributed by atoms with Crippen LogP contribution in [0, 0.1) is 31.0 Å². The van der Waals surface area contributed by atoms with Gasteiger partial charge in [-0.3, -0.25) is 19.1 Å². The second-order valence-corrected chi connectivity index (χ2v) is 8.67. The molecule has 0 radical (unpaired) electrons. The van der Waals surface area contributed by atoms with Crippen molar-refractivity contribution in [3.05, 3.63) is 71.2 Å². The first-order valence-electron chi connectivity index (χ1n) is 10.5. The number of rotatable bonds is 8. The summed E-state index contributed by atoms with van der Waals surface area (Å²) in [5.74, 6) is -0.676. The average molecular weight is 480 g/mol. The van der Waals surface area contributed by atoms with Gasteiger partial charge in [-0.15, -0.1) is 11.8 Å². The van der Waals surface area contributed by atoms with E-state index in [-0.39, 0.29) is 30.7 Å². The van der Waals surface area contributed by atoms with Crippen molar-refractivity contribution in [2.45, 2.75) is 18.7 Å². The van der Waals surface area contributed by atoms with Crippen LogP contribution in [0.2, 0.25) is 0 Å². The molecule has 0 aliphatic rings. The van der Waals surface area contributed by atoms with Crippen molar-refractivity contribution in [3.63, 3.8) is 0 Å². The molecule has 7 nitrogen and oxygen atoms in total. The second kappa shape index (κ2) is 11.0. The van der Waals surface area contributed by atoms with Gasteiger partial charge in [-0.25, -0.2) is 4.39 Å². The van der Waals surface area contributed by atoms with Gasteiger partial charge in [0.05, 0.1) is 24.3 Å². The Hall–Kier alpha value is -3.61. The third-order valence-electron chi connectivity index (χ3n) is 5.38. The van der Waals surface area contributed by atoms with Crippen molar-refractivity contribution < 1.29 is 14.0 Å². The second-order valence-electron chi connectivity index (χ2n) is 7.83. The predicted molar refractivity (Wildman–Crippen MR) is 133 cm³/mol. The van der Waals surface area contributed by atoms with Gasteiger partial charge in [-0.2, -0.15) is 5.26 Å². The van der Waals surface area contributed by atoms with Crippen molar-refractivity contribution in [2.75, 3.05) is 37.0 Å². The zero-order valence-corrected chi connectivity index (χ0v) is 20.3. The minimum atomic E-state index is -0.378. The van der Waals surface area contributed by atoms with Crippen molar-refractivity contribution >= 4 is 35.1 Å². The molecule has 1 heterocycles. The molecule has 3 aromatic rings. The molecule has 0 aliphatic heterocycles. The number of carbonyl (C=O) groups excluding carboxylic acids is 2. The molecule has 0 atom stereocenters. The molecule has 3 rings (SSSR count). The molecule has 2 amide bonds. The number of thioether (sulfide) groups is 1. The number of nitrogens with one attached hydrogen (secondary N) is 2. The number of likely N-dealkylation sites (N-methyl/N-ethyl adjacent to an activating group) is 1. The van der Waals surface area contributed by atoms with E-state index in [1.54, 1.807) is 35.6 Å². The Morgan fingerprint density at radius 2 is 1.68 bits per heavy atom. The van der Waals surface area contributed by atoms with Gasteiger partial charge in [-0.1, -0.05) is 12.1 Å². The molecule has 9 heteroatoms. The van der Waals surface area contributed by atoms with Crippen molar-refractivity contribution in [1.29, 1.82) is 5.26 Å². The minimum absolute atomic E-state index is 0.0122. The van der Waals surface area contributed by atoms with E-state index in [2.05, 4.69) is 16.7 Å². The van der Waals surface area contributed by atoms with E-state index in [1.165, 1.54) is 23.9 Å². The summed E-state index contributed by atoms with van der Waals surface area (Å²) in [6.45, 7) is 3.58. The molecule has 0 saturated carbocycles. The predicted octanol–water partition coefficient (Wildman–Crippen LogP) is 4.34. The number of nitriles is 1. The third kappa shape index (κ3) is 5.65. The summed E-state index contributed by atoms with van der Waals surface area (Å²) >= 11 is 1.53. The van der Waals surface area contributed by atoms with Gasteiger partial charge >= 0.3 is 0 Å². The number of amides is 2. The van der Waals surface area contributed by atoms with Gasteiger partial charge in [0.25, 0.3) is 0 Å². The smallest absolute Gasteiger partial charge is 0.239 e. The van der Waals surface area contributed by atoms with Gasteiger partial charge < -0.3 is 10.6 Å². The molecule has 2 aromatic carbocycles. The number of anilines is 2. The molecule has 0 aliphatic carbocycles. The monoisotopic (exact) mass is 479 g/mol. The summed E-state index contributed by atoms with van der Waals surface area (Å²) < 4.78 is 15.1. The highest BCUT2D eigenvalue weighted by Gasteiger charge is 2.21. The number of nitrogens with zero attached hydrogens (tertiary/aromatic N) is 3. The Labute approximate surface area is 202 Å². The number of benzene rings is 2. The van der Waals surface area contributed by atoms with Gasteiger partial charge in [0.1, 0.15) is 17.7 Å². The fourth-order valence-electron chi connectivity index (χ4n) is 3.63. The molecule has 176 valence electrons. The van der Waals surface area contributed by atoms with Crippen LogP contribution < -0.4 is 10.6 Å².